The fourth-order valence-electron chi connectivity index (χ4n) is 7.80. The Kier molecular flexibility index (Phi) is 50.8. The third-order valence-electron chi connectivity index (χ3n) is 12.0. The van der Waals surface area contributed by atoms with Crippen LogP contribution in [0.25, 0.3) is 0 Å². The normalized spacial score (nSPS) is 12.4. The Balaban J connectivity index is 4.39. The first-order valence-electron chi connectivity index (χ1n) is 27.6. The summed E-state index contributed by atoms with van der Waals surface area (Å²) in [6.07, 6.45) is 63.8. The Hall–Kier alpha value is -2.63. The van der Waals surface area contributed by atoms with E-state index >= 15 is 0 Å². The molecule has 0 aromatic heterocycles. The van der Waals surface area contributed by atoms with Crippen molar-refractivity contribution in [3.05, 3.63) is 48.6 Å². The number of carbonyl (C=O) groups is 3. The van der Waals surface area contributed by atoms with Crippen molar-refractivity contribution in [2.75, 3.05) is 13.2 Å². The highest BCUT2D eigenvalue weighted by Gasteiger charge is 2.19. The summed E-state index contributed by atoms with van der Waals surface area (Å²) in [5.74, 6) is -0.899. The molecule has 0 amide bonds. The molecule has 1 unspecified atom stereocenters. The van der Waals surface area contributed by atoms with E-state index in [0.717, 1.165) is 89.9 Å². The van der Waals surface area contributed by atoms with Crippen LogP contribution in [0.15, 0.2) is 48.6 Å². The van der Waals surface area contributed by atoms with E-state index in [0.29, 0.717) is 19.3 Å². The van der Waals surface area contributed by atoms with E-state index in [1.807, 2.05) is 0 Å². The van der Waals surface area contributed by atoms with Crippen molar-refractivity contribution in [3.8, 4) is 0 Å². The maximum absolute atomic E-state index is 12.8. The van der Waals surface area contributed by atoms with E-state index < -0.39 is 6.10 Å². The van der Waals surface area contributed by atoms with E-state index in [-0.39, 0.29) is 31.1 Å². The summed E-state index contributed by atoms with van der Waals surface area (Å²) in [4.78, 5) is 38.1. The van der Waals surface area contributed by atoms with Gasteiger partial charge in [0, 0.05) is 19.3 Å². The van der Waals surface area contributed by atoms with Crippen LogP contribution in [-0.4, -0.2) is 37.2 Å². The summed E-state index contributed by atoms with van der Waals surface area (Å²) >= 11 is 0. The van der Waals surface area contributed by atoms with Gasteiger partial charge in [-0.1, -0.05) is 217 Å². The summed E-state index contributed by atoms with van der Waals surface area (Å²) in [7, 11) is 0. The minimum Gasteiger partial charge on any atom is -0.462 e. The number of ether oxygens (including phenoxy) is 3. The van der Waals surface area contributed by atoms with Gasteiger partial charge < -0.3 is 14.2 Å². The second-order valence-electron chi connectivity index (χ2n) is 18.5. The van der Waals surface area contributed by atoms with Crippen molar-refractivity contribution in [2.24, 2.45) is 0 Å². The van der Waals surface area contributed by atoms with Gasteiger partial charge in [-0.25, -0.2) is 0 Å². The molecule has 0 aromatic rings. The molecule has 0 bridgehead atoms. The molecule has 6 nitrogen and oxygen atoms in total. The molecule has 6 heteroatoms. The molecule has 0 aliphatic rings. The lowest BCUT2D eigenvalue weighted by molar-refractivity contribution is -0.167. The van der Waals surface area contributed by atoms with E-state index in [2.05, 4.69) is 69.4 Å². The summed E-state index contributed by atoms with van der Waals surface area (Å²) in [5.41, 5.74) is 0. The molecule has 0 spiro atoms. The molecule has 0 aliphatic carbocycles. The highest BCUT2D eigenvalue weighted by atomic mass is 16.6. The molecule has 0 saturated heterocycles. The third-order valence-corrected chi connectivity index (χ3v) is 12.0. The van der Waals surface area contributed by atoms with E-state index in [1.165, 1.54) is 154 Å². The van der Waals surface area contributed by atoms with Gasteiger partial charge >= 0.3 is 17.9 Å². The Morgan fingerprint density at radius 3 is 0.922 bits per heavy atom. The fourth-order valence-corrected chi connectivity index (χ4v) is 7.80. The first-order valence-corrected chi connectivity index (χ1v) is 27.6. The van der Waals surface area contributed by atoms with Crippen molar-refractivity contribution in [1.82, 2.24) is 0 Å². The first-order chi connectivity index (χ1) is 31.5. The average molecular weight is 897 g/mol. The fraction of sp³-hybridized carbons (Fsp3) is 0.810. The average Bonchev–Trinajstić information content (AvgIpc) is 3.29. The lowest BCUT2D eigenvalue weighted by Crippen LogP contribution is -2.30. The minimum absolute atomic E-state index is 0.0821. The molecule has 0 N–H and O–H groups in total. The van der Waals surface area contributed by atoms with E-state index in [9.17, 15) is 14.4 Å². The van der Waals surface area contributed by atoms with Gasteiger partial charge in [-0.15, -0.1) is 0 Å². The molecule has 0 fully saturated rings. The number of allylic oxidation sites excluding steroid dienone is 8. The van der Waals surface area contributed by atoms with Gasteiger partial charge in [0.25, 0.3) is 0 Å². The molecule has 0 aliphatic heterocycles. The highest BCUT2D eigenvalue weighted by Crippen LogP contribution is 2.15. The van der Waals surface area contributed by atoms with Gasteiger partial charge in [-0.2, -0.15) is 0 Å². The molecule has 0 rings (SSSR count). The summed E-state index contributed by atoms with van der Waals surface area (Å²) in [5, 5.41) is 0. The predicted molar refractivity (Wildman–Crippen MR) is 275 cm³/mol. The SMILES string of the molecule is CCCC/C=C\C/C=C\CCCCCCCC(=O)OCC(COC(=O)CCCCCCCCC/C=C\CCCCCCCC)OC(=O)CCCCCCC/C=C\CCCCCCCC. The van der Waals surface area contributed by atoms with Gasteiger partial charge in [-0.3, -0.25) is 14.4 Å². The number of carbonyl (C=O) groups excluding carboxylic acids is 3. The Labute approximate surface area is 397 Å². The summed E-state index contributed by atoms with van der Waals surface area (Å²) in [6.45, 7) is 6.59. The molecule has 0 aromatic carbocycles. The second kappa shape index (κ2) is 53.0. The predicted octanol–water partition coefficient (Wildman–Crippen LogP) is 18.3. The van der Waals surface area contributed by atoms with Gasteiger partial charge in [0.2, 0.25) is 0 Å². The van der Waals surface area contributed by atoms with Crippen LogP contribution < -0.4 is 0 Å². The smallest absolute Gasteiger partial charge is 0.306 e. The van der Waals surface area contributed by atoms with Crippen molar-refractivity contribution < 1.29 is 28.6 Å². The van der Waals surface area contributed by atoms with Crippen LogP contribution in [0.1, 0.15) is 284 Å². The van der Waals surface area contributed by atoms with Crippen LogP contribution in [0, 0.1) is 0 Å². The number of hydrogen-bond acceptors (Lipinski definition) is 6. The minimum atomic E-state index is -0.784. The zero-order valence-electron chi connectivity index (χ0n) is 42.6. The Morgan fingerprint density at radius 1 is 0.312 bits per heavy atom. The zero-order chi connectivity index (χ0) is 46.5. The number of esters is 3. The highest BCUT2D eigenvalue weighted by molar-refractivity contribution is 5.71. The molecule has 372 valence electrons. The van der Waals surface area contributed by atoms with Crippen LogP contribution in [-0.2, 0) is 28.6 Å². The molecular formula is C58H104O6. The van der Waals surface area contributed by atoms with Gasteiger partial charge in [-0.05, 0) is 96.3 Å². The van der Waals surface area contributed by atoms with Gasteiger partial charge in [0.15, 0.2) is 6.10 Å². The lowest BCUT2D eigenvalue weighted by atomic mass is 10.1. The Morgan fingerprint density at radius 2 is 0.578 bits per heavy atom. The molecular weight excluding hydrogens is 793 g/mol. The molecule has 1 atom stereocenters. The summed E-state index contributed by atoms with van der Waals surface area (Å²) in [6, 6.07) is 0. The number of hydrogen-bond donors (Lipinski definition) is 0. The standard InChI is InChI=1S/C58H104O6/c1-4-7-10-13-16-19-22-25-28-29-31-33-36-39-42-45-48-51-57(60)63-54-55(53-62-56(59)50-47-44-41-38-35-32-27-24-21-18-15-12-9-6-3)64-58(61)52-49-46-43-40-37-34-30-26-23-20-17-14-11-8-5-2/h15,18,24-28,30,55H,4-14,16-17,19-23,29,31-54H2,1-3H3/b18-15-,27-24-,28-25-,30-26-. The maximum atomic E-state index is 12.8. The zero-order valence-corrected chi connectivity index (χ0v) is 42.6. The molecule has 0 heterocycles. The number of rotatable bonds is 50. The van der Waals surface area contributed by atoms with Crippen molar-refractivity contribution >= 4 is 17.9 Å². The number of unbranched alkanes of at least 4 members (excludes halogenated alkanes) is 31. The van der Waals surface area contributed by atoms with Gasteiger partial charge in [0.1, 0.15) is 13.2 Å². The van der Waals surface area contributed by atoms with Crippen LogP contribution in [0.5, 0.6) is 0 Å². The van der Waals surface area contributed by atoms with Crippen molar-refractivity contribution in [3.63, 3.8) is 0 Å². The summed E-state index contributed by atoms with van der Waals surface area (Å²) < 4.78 is 16.8. The van der Waals surface area contributed by atoms with Crippen molar-refractivity contribution in [1.29, 1.82) is 0 Å². The molecule has 0 radical (unpaired) electrons. The second-order valence-corrected chi connectivity index (χ2v) is 18.5. The lowest BCUT2D eigenvalue weighted by Gasteiger charge is -2.18. The van der Waals surface area contributed by atoms with Crippen LogP contribution in [0.3, 0.4) is 0 Å². The van der Waals surface area contributed by atoms with E-state index in [4.69, 9.17) is 14.2 Å². The molecule has 64 heavy (non-hydrogen) atoms. The van der Waals surface area contributed by atoms with Crippen LogP contribution >= 0.6 is 0 Å². The first kappa shape index (κ1) is 61.4. The van der Waals surface area contributed by atoms with Crippen LogP contribution in [0.2, 0.25) is 0 Å². The van der Waals surface area contributed by atoms with E-state index in [1.54, 1.807) is 0 Å². The monoisotopic (exact) mass is 897 g/mol. The van der Waals surface area contributed by atoms with Gasteiger partial charge in [0.05, 0.1) is 0 Å². The maximum Gasteiger partial charge on any atom is 0.306 e. The third kappa shape index (κ3) is 50.4. The quantitative estimate of drug-likeness (QED) is 0.0262. The topological polar surface area (TPSA) is 78.9 Å². The van der Waals surface area contributed by atoms with Crippen LogP contribution in [0.4, 0.5) is 0 Å². The van der Waals surface area contributed by atoms with Crippen molar-refractivity contribution in [2.45, 2.75) is 290 Å². The largest absolute Gasteiger partial charge is 0.462 e. The Bertz CT molecular complexity index is 1120. The molecule has 0 saturated carbocycles.